The van der Waals surface area contributed by atoms with Gasteiger partial charge in [-0.3, -0.25) is 14.9 Å². The van der Waals surface area contributed by atoms with Crippen molar-refractivity contribution in [3.8, 4) is 11.5 Å². The Balaban J connectivity index is 1.82. The standard InChI is InChI=1S/C22H17I2N3O7S/c1-2-33-20-11-14(13-25-26-22(28)15-4-3-5-16(23)12-15)10-19(24)21(20)34-35(31,32)18-8-6-17(7-9-18)27(29)30/h3-13H,2H2,1H3,(H,26,28)/b25-13-. The molecule has 3 aromatic rings. The molecule has 10 nitrogen and oxygen atoms in total. The molecule has 0 aromatic heterocycles. The topological polar surface area (TPSA) is 137 Å². The number of carbonyl (C=O) groups is 1. The van der Waals surface area contributed by atoms with Gasteiger partial charge in [-0.05, 0) is 100 Å². The van der Waals surface area contributed by atoms with E-state index in [1.165, 1.54) is 12.3 Å². The third-order valence-corrected chi connectivity index (χ3v) is 7.04. The largest absolute Gasteiger partial charge is 0.490 e. The van der Waals surface area contributed by atoms with Gasteiger partial charge < -0.3 is 8.92 Å². The van der Waals surface area contributed by atoms with Crippen LogP contribution >= 0.6 is 45.2 Å². The highest BCUT2D eigenvalue weighted by Crippen LogP contribution is 2.36. The van der Waals surface area contributed by atoms with E-state index in [0.29, 0.717) is 14.7 Å². The predicted molar refractivity (Wildman–Crippen MR) is 145 cm³/mol. The Bertz CT molecular complexity index is 1390. The third-order valence-electron chi connectivity index (χ3n) is 4.33. The number of non-ortho nitro benzene ring substituents is 1. The van der Waals surface area contributed by atoms with Crippen molar-refractivity contribution in [3.05, 3.63) is 89.0 Å². The maximum Gasteiger partial charge on any atom is 0.339 e. The highest BCUT2D eigenvalue weighted by Gasteiger charge is 2.23. The first-order chi connectivity index (χ1) is 16.6. The number of halogens is 2. The summed E-state index contributed by atoms with van der Waals surface area (Å²) >= 11 is 4.00. The van der Waals surface area contributed by atoms with Gasteiger partial charge in [0.05, 0.1) is 21.3 Å². The second-order valence-electron chi connectivity index (χ2n) is 6.76. The van der Waals surface area contributed by atoms with Gasteiger partial charge in [-0.1, -0.05) is 6.07 Å². The monoisotopic (exact) mass is 721 g/mol. The molecule has 3 aromatic carbocycles. The number of rotatable bonds is 9. The first kappa shape index (κ1) is 26.8. The third kappa shape index (κ3) is 7.11. The molecule has 182 valence electrons. The highest BCUT2D eigenvalue weighted by molar-refractivity contribution is 14.1. The summed E-state index contributed by atoms with van der Waals surface area (Å²) in [6.45, 7) is 1.96. The Hall–Kier alpha value is -2.79. The number of hydrogen-bond donors (Lipinski definition) is 1. The van der Waals surface area contributed by atoms with E-state index in [0.717, 1.165) is 27.8 Å². The van der Waals surface area contributed by atoms with Crippen molar-refractivity contribution in [1.82, 2.24) is 5.43 Å². The Morgan fingerprint density at radius 3 is 2.49 bits per heavy atom. The molecule has 0 aliphatic carbocycles. The zero-order valence-corrected chi connectivity index (χ0v) is 23.1. The molecule has 0 aliphatic rings. The van der Waals surface area contributed by atoms with Crippen molar-refractivity contribution in [1.29, 1.82) is 0 Å². The van der Waals surface area contributed by atoms with Gasteiger partial charge in [-0.15, -0.1) is 0 Å². The lowest BCUT2D eigenvalue weighted by molar-refractivity contribution is -0.384. The molecular formula is C22H17I2N3O7S. The van der Waals surface area contributed by atoms with Gasteiger partial charge in [0.25, 0.3) is 11.6 Å². The number of nitrogens with one attached hydrogen (secondary N) is 1. The van der Waals surface area contributed by atoms with Crippen molar-refractivity contribution in [3.63, 3.8) is 0 Å². The van der Waals surface area contributed by atoms with E-state index in [2.05, 4.69) is 33.1 Å². The van der Waals surface area contributed by atoms with Crippen molar-refractivity contribution in [2.75, 3.05) is 6.61 Å². The fraction of sp³-hybridized carbons (Fsp3) is 0.0909. The minimum absolute atomic E-state index is 0.0363. The SMILES string of the molecule is CCOc1cc(/C=N\NC(=O)c2cccc(I)c2)cc(I)c1OS(=O)(=O)c1ccc([N+](=O)[O-])cc1. The molecule has 0 heterocycles. The Labute approximate surface area is 228 Å². The Morgan fingerprint density at radius 2 is 1.86 bits per heavy atom. The number of carbonyl (C=O) groups excluding carboxylic acids is 1. The molecule has 1 amide bonds. The minimum Gasteiger partial charge on any atom is -0.490 e. The normalized spacial score (nSPS) is 11.3. The summed E-state index contributed by atoms with van der Waals surface area (Å²) in [5, 5.41) is 14.8. The summed E-state index contributed by atoms with van der Waals surface area (Å²) in [4.78, 5) is 22.2. The Morgan fingerprint density at radius 1 is 1.14 bits per heavy atom. The van der Waals surface area contributed by atoms with Crippen LogP contribution in [0.5, 0.6) is 11.5 Å². The van der Waals surface area contributed by atoms with Crippen LogP contribution in [-0.2, 0) is 10.1 Å². The van der Waals surface area contributed by atoms with Crippen LogP contribution in [0.3, 0.4) is 0 Å². The fourth-order valence-electron chi connectivity index (χ4n) is 2.76. The lowest BCUT2D eigenvalue weighted by Crippen LogP contribution is -2.17. The number of nitro groups is 1. The summed E-state index contributed by atoms with van der Waals surface area (Å²) < 4.78 is 37.7. The van der Waals surface area contributed by atoms with Crippen molar-refractivity contribution in [2.24, 2.45) is 5.10 Å². The summed E-state index contributed by atoms with van der Waals surface area (Å²) in [6, 6.07) is 14.5. The van der Waals surface area contributed by atoms with Crippen LogP contribution in [0.4, 0.5) is 5.69 Å². The van der Waals surface area contributed by atoms with Crippen LogP contribution in [-0.4, -0.2) is 32.1 Å². The molecular weight excluding hydrogens is 704 g/mol. The Kier molecular flexibility index (Phi) is 9.01. The van der Waals surface area contributed by atoms with Crippen LogP contribution in [0.2, 0.25) is 0 Å². The molecule has 3 rings (SSSR count). The van der Waals surface area contributed by atoms with E-state index in [-0.39, 0.29) is 34.6 Å². The van der Waals surface area contributed by atoms with Gasteiger partial charge in [0.2, 0.25) is 0 Å². The number of ether oxygens (including phenoxy) is 1. The number of hydrogen-bond acceptors (Lipinski definition) is 8. The van der Waals surface area contributed by atoms with E-state index < -0.39 is 15.0 Å². The van der Waals surface area contributed by atoms with Gasteiger partial charge >= 0.3 is 10.1 Å². The maximum atomic E-state index is 12.8. The average molecular weight is 721 g/mol. The second kappa shape index (κ2) is 11.8. The number of nitrogens with zero attached hydrogens (tertiary/aromatic N) is 2. The zero-order chi connectivity index (χ0) is 25.6. The van der Waals surface area contributed by atoms with E-state index >= 15 is 0 Å². The smallest absolute Gasteiger partial charge is 0.339 e. The summed E-state index contributed by atoms with van der Waals surface area (Å²) in [5.74, 6) is -0.269. The number of hydrazone groups is 1. The molecule has 0 saturated heterocycles. The van der Waals surface area contributed by atoms with Crippen LogP contribution in [0, 0.1) is 17.3 Å². The van der Waals surface area contributed by atoms with Crippen molar-refractivity contribution >= 4 is 73.1 Å². The molecule has 0 radical (unpaired) electrons. The summed E-state index contributed by atoms with van der Waals surface area (Å²) in [6.07, 6.45) is 1.39. The predicted octanol–water partition coefficient (Wildman–Crippen LogP) is 4.73. The molecule has 35 heavy (non-hydrogen) atoms. The lowest BCUT2D eigenvalue weighted by Gasteiger charge is -2.14. The van der Waals surface area contributed by atoms with E-state index in [1.807, 2.05) is 28.7 Å². The fourth-order valence-corrected chi connectivity index (χ4v) is 5.14. The van der Waals surface area contributed by atoms with Gasteiger partial charge in [-0.2, -0.15) is 13.5 Å². The van der Waals surface area contributed by atoms with E-state index in [4.69, 9.17) is 8.92 Å². The lowest BCUT2D eigenvalue weighted by atomic mass is 10.2. The molecule has 1 N–H and O–H groups in total. The van der Waals surface area contributed by atoms with Gasteiger partial charge in [0.1, 0.15) is 4.90 Å². The van der Waals surface area contributed by atoms with Crippen LogP contribution < -0.4 is 14.3 Å². The quantitative estimate of drug-likeness (QED) is 0.111. The molecule has 0 atom stereocenters. The van der Waals surface area contributed by atoms with Crippen LogP contribution in [0.15, 0.2) is 70.7 Å². The molecule has 0 unspecified atom stereocenters. The number of amides is 1. The van der Waals surface area contributed by atoms with E-state index in [1.54, 1.807) is 31.2 Å². The van der Waals surface area contributed by atoms with Gasteiger partial charge in [-0.25, -0.2) is 5.43 Å². The molecule has 0 aliphatic heterocycles. The summed E-state index contributed by atoms with van der Waals surface area (Å²) in [7, 11) is -4.29. The second-order valence-corrected chi connectivity index (χ2v) is 10.7. The van der Waals surface area contributed by atoms with Gasteiger partial charge in [0.15, 0.2) is 11.5 Å². The zero-order valence-electron chi connectivity index (χ0n) is 18.0. The highest BCUT2D eigenvalue weighted by atomic mass is 127. The molecule has 0 bridgehead atoms. The number of benzene rings is 3. The minimum atomic E-state index is -4.29. The average Bonchev–Trinajstić information content (AvgIpc) is 2.81. The molecule has 0 fully saturated rings. The van der Waals surface area contributed by atoms with Crippen molar-refractivity contribution in [2.45, 2.75) is 11.8 Å². The first-order valence-corrected chi connectivity index (χ1v) is 13.4. The molecule has 0 spiro atoms. The van der Waals surface area contributed by atoms with E-state index in [9.17, 15) is 23.3 Å². The molecule has 13 heteroatoms. The first-order valence-electron chi connectivity index (χ1n) is 9.85. The van der Waals surface area contributed by atoms with Crippen molar-refractivity contribution < 1.29 is 27.1 Å². The maximum absolute atomic E-state index is 12.8. The molecule has 0 saturated carbocycles. The van der Waals surface area contributed by atoms with Gasteiger partial charge in [0, 0.05) is 21.3 Å². The van der Waals surface area contributed by atoms with Crippen LogP contribution in [0.25, 0.3) is 0 Å². The van der Waals surface area contributed by atoms with Crippen LogP contribution in [0.1, 0.15) is 22.8 Å². The number of nitro benzene ring substituents is 1. The summed E-state index contributed by atoms with van der Waals surface area (Å²) in [5.41, 5.74) is 3.18.